The van der Waals surface area contributed by atoms with E-state index in [1.807, 2.05) is 30.1 Å². The molecular weight excluding hydrogens is 314 g/mol. The summed E-state index contributed by atoms with van der Waals surface area (Å²) in [4.78, 5) is 28.9. The van der Waals surface area contributed by atoms with E-state index in [4.69, 9.17) is 0 Å². The monoisotopic (exact) mass is 343 g/mol. The number of rotatable bonds is 5. The predicted octanol–water partition coefficient (Wildman–Crippen LogP) is 3.13. The molecule has 1 aromatic carbocycles. The highest BCUT2D eigenvalue weighted by molar-refractivity contribution is 5.97. The van der Waals surface area contributed by atoms with Crippen LogP contribution >= 0.6 is 0 Å². The van der Waals surface area contributed by atoms with Crippen LogP contribution in [0.4, 0.5) is 5.69 Å². The van der Waals surface area contributed by atoms with Crippen LogP contribution in [-0.4, -0.2) is 54.3 Å². The van der Waals surface area contributed by atoms with Crippen molar-refractivity contribution in [3.8, 4) is 0 Å². The highest BCUT2D eigenvalue weighted by atomic mass is 16.2. The van der Waals surface area contributed by atoms with E-state index >= 15 is 0 Å². The molecule has 0 spiro atoms. The van der Waals surface area contributed by atoms with Gasteiger partial charge in [-0.1, -0.05) is 25.3 Å². The summed E-state index contributed by atoms with van der Waals surface area (Å²) in [6.45, 7) is 2.07. The van der Waals surface area contributed by atoms with Gasteiger partial charge in [0, 0.05) is 30.4 Å². The highest BCUT2D eigenvalue weighted by Gasteiger charge is 2.21. The first-order valence-electron chi connectivity index (χ1n) is 9.53. The third kappa shape index (κ3) is 4.82. The number of hydrogen-bond donors (Lipinski definition) is 1. The Kier molecular flexibility index (Phi) is 6.08. The van der Waals surface area contributed by atoms with E-state index in [2.05, 4.69) is 10.2 Å². The number of hydrogen-bond acceptors (Lipinski definition) is 3. The van der Waals surface area contributed by atoms with Crippen LogP contribution in [-0.2, 0) is 4.79 Å². The number of likely N-dealkylation sites (tertiary alicyclic amines) is 1. The lowest BCUT2D eigenvalue weighted by Crippen LogP contribution is -2.39. The minimum absolute atomic E-state index is 0.0150. The van der Waals surface area contributed by atoms with E-state index in [9.17, 15) is 9.59 Å². The molecule has 2 aliphatic rings. The first-order valence-corrected chi connectivity index (χ1v) is 9.53. The zero-order valence-corrected chi connectivity index (χ0v) is 15.2. The summed E-state index contributed by atoms with van der Waals surface area (Å²) in [6.07, 6.45) is 8.36. The number of nitrogens with zero attached hydrogens (tertiary/aromatic N) is 2. The van der Waals surface area contributed by atoms with Crippen molar-refractivity contribution >= 4 is 17.5 Å². The van der Waals surface area contributed by atoms with E-state index in [1.54, 1.807) is 6.07 Å². The Morgan fingerprint density at radius 3 is 2.56 bits per heavy atom. The maximum Gasteiger partial charge on any atom is 0.253 e. The fourth-order valence-corrected chi connectivity index (χ4v) is 3.91. The summed E-state index contributed by atoms with van der Waals surface area (Å²) in [5.74, 6) is 0.0479. The molecule has 2 amide bonds. The Labute approximate surface area is 150 Å². The SMILES string of the molecule is CN(CC(=O)Nc1cccc(C(=O)N2CCCC2)c1)C1CCCCC1. The summed E-state index contributed by atoms with van der Waals surface area (Å²) in [5.41, 5.74) is 1.35. The van der Waals surface area contributed by atoms with Crippen molar-refractivity contribution < 1.29 is 9.59 Å². The van der Waals surface area contributed by atoms with Crippen molar-refractivity contribution in [1.29, 1.82) is 0 Å². The number of nitrogens with one attached hydrogen (secondary N) is 1. The van der Waals surface area contributed by atoms with Gasteiger partial charge in [-0.05, 0) is 50.9 Å². The second-order valence-electron chi connectivity index (χ2n) is 7.34. The lowest BCUT2D eigenvalue weighted by atomic mass is 9.94. The van der Waals surface area contributed by atoms with Crippen molar-refractivity contribution in [3.63, 3.8) is 0 Å². The molecule has 3 rings (SSSR count). The van der Waals surface area contributed by atoms with Gasteiger partial charge >= 0.3 is 0 Å². The van der Waals surface area contributed by atoms with Gasteiger partial charge in [0.15, 0.2) is 0 Å². The third-order valence-corrected chi connectivity index (χ3v) is 5.38. The van der Waals surface area contributed by atoms with E-state index < -0.39 is 0 Å². The van der Waals surface area contributed by atoms with Crippen LogP contribution < -0.4 is 5.32 Å². The van der Waals surface area contributed by atoms with Crippen molar-refractivity contribution in [2.24, 2.45) is 0 Å². The first kappa shape index (κ1) is 17.9. The number of benzene rings is 1. The van der Waals surface area contributed by atoms with Gasteiger partial charge in [0.25, 0.3) is 5.91 Å². The molecular formula is C20H29N3O2. The van der Waals surface area contributed by atoms with Gasteiger partial charge in [0.1, 0.15) is 0 Å². The molecule has 1 aliphatic heterocycles. The van der Waals surface area contributed by atoms with Gasteiger partial charge < -0.3 is 10.2 Å². The summed E-state index contributed by atoms with van der Waals surface area (Å²) in [7, 11) is 2.03. The van der Waals surface area contributed by atoms with Crippen LogP contribution in [0.5, 0.6) is 0 Å². The van der Waals surface area contributed by atoms with Gasteiger partial charge in [0.05, 0.1) is 6.54 Å². The standard InChI is InChI=1S/C20H29N3O2/c1-22(18-10-3-2-4-11-18)15-19(24)21-17-9-7-8-16(14-17)20(25)23-12-5-6-13-23/h7-9,14,18H,2-6,10-13,15H2,1H3,(H,21,24). The van der Waals surface area contributed by atoms with Crippen LogP contribution in [0.15, 0.2) is 24.3 Å². The number of amides is 2. The summed E-state index contributed by atoms with van der Waals surface area (Å²) >= 11 is 0. The molecule has 0 bridgehead atoms. The minimum Gasteiger partial charge on any atom is -0.339 e. The average molecular weight is 343 g/mol. The Morgan fingerprint density at radius 2 is 1.84 bits per heavy atom. The van der Waals surface area contributed by atoms with Gasteiger partial charge in [-0.25, -0.2) is 0 Å². The van der Waals surface area contributed by atoms with E-state index in [1.165, 1.54) is 32.1 Å². The fraction of sp³-hybridized carbons (Fsp3) is 0.600. The molecule has 1 aromatic rings. The zero-order valence-electron chi connectivity index (χ0n) is 15.2. The van der Waals surface area contributed by atoms with Crippen molar-refractivity contribution in [2.75, 3.05) is 32.0 Å². The minimum atomic E-state index is -0.0150. The van der Waals surface area contributed by atoms with Crippen LogP contribution in [0, 0.1) is 0 Å². The van der Waals surface area contributed by atoms with Crippen LogP contribution in [0.3, 0.4) is 0 Å². The van der Waals surface area contributed by atoms with Crippen molar-refractivity contribution in [2.45, 2.75) is 51.0 Å². The normalized spacial score (nSPS) is 18.6. The molecule has 0 radical (unpaired) electrons. The molecule has 1 heterocycles. The number of carbonyl (C=O) groups is 2. The van der Waals surface area contributed by atoms with Gasteiger partial charge in [-0.3, -0.25) is 14.5 Å². The summed E-state index contributed by atoms with van der Waals surface area (Å²) < 4.78 is 0. The molecule has 5 nitrogen and oxygen atoms in total. The number of carbonyl (C=O) groups excluding carboxylic acids is 2. The molecule has 136 valence electrons. The quantitative estimate of drug-likeness (QED) is 0.894. The average Bonchev–Trinajstić information content (AvgIpc) is 3.16. The highest BCUT2D eigenvalue weighted by Crippen LogP contribution is 2.21. The number of anilines is 1. The topological polar surface area (TPSA) is 52.7 Å². The second-order valence-corrected chi connectivity index (χ2v) is 7.34. The van der Waals surface area contributed by atoms with E-state index in [0.29, 0.717) is 23.8 Å². The van der Waals surface area contributed by atoms with Crippen LogP contribution in [0.2, 0.25) is 0 Å². The fourth-order valence-electron chi connectivity index (χ4n) is 3.91. The Bertz CT molecular complexity index is 605. The van der Waals surface area contributed by atoms with Crippen molar-refractivity contribution in [3.05, 3.63) is 29.8 Å². The van der Waals surface area contributed by atoms with Gasteiger partial charge in [0.2, 0.25) is 5.91 Å². The molecule has 0 aromatic heterocycles. The maximum atomic E-state index is 12.5. The summed E-state index contributed by atoms with van der Waals surface area (Å²) in [5, 5.41) is 2.95. The second kappa shape index (κ2) is 8.48. The molecule has 1 N–H and O–H groups in total. The molecule has 0 atom stereocenters. The molecule has 0 unspecified atom stereocenters. The molecule has 2 fully saturated rings. The summed E-state index contributed by atoms with van der Waals surface area (Å²) in [6, 6.07) is 7.81. The molecule has 1 saturated carbocycles. The Morgan fingerprint density at radius 1 is 1.12 bits per heavy atom. The van der Waals surface area contributed by atoms with Gasteiger partial charge in [-0.15, -0.1) is 0 Å². The third-order valence-electron chi connectivity index (χ3n) is 5.38. The number of likely N-dealkylation sites (N-methyl/N-ethyl adjacent to an activating group) is 1. The Balaban J connectivity index is 1.55. The maximum absolute atomic E-state index is 12.5. The predicted molar refractivity (Wildman–Crippen MR) is 99.7 cm³/mol. The first-order chi connectivity index (χ1) is 12.1. The Hall–Kier alpha value is -1.88. The van der Waals surface area contributed by atoms with Crippen LogP contribution in [0.1, 0.15) is 55.3 Å². The zero-order chi connectivity index (χ0) is 17.6. The lowest BCUT2D eigenvalue weighted by molar-refractivity contribution is -0.117. The molecule has 5 heteroatoms. The van der Waals surface area contributed by atoms with Crippen LogP contribution in [0.25, 0.3) is 0 Å². The largest absolute Gasteiger partial charge is 0.339 e. The van der Waals surface area contributed by atoms with E-state index in [0.717, 1.165) is 25.9 Å². The lowest BCUT2D eigenvalue weighted by Gasteiger charge is -2.30. The van der Waals surface area contributed by atoms with Gasteiger partial charge in [-0.2, -0.15) is 0 Å². The molecule has 1 aliphatic carbocycles. The molecule has 1 saturated heterocycles. The van der Waals surface area contributed by atoms with Crippen molar-refractivity contribution in [1.82, 2.24) is 9.80 Å². The molecule has 25 heavy (non-hydrogen) atoms. The smallest absolute Gasteiger partial charge is 0.253 e. The van der Waals surface area contributed by atoms with E-state index in [-0.39, 0.29) is 11.8 Å².